The fourth-order valence-corrected chi connectivity index (χ4v) is 7.94. The largest absolute Gasteiger partial charge is 0.466 e. The van der Waals surface area contributed by atoms with E-state index in [4.69, 9.17) is 9.47 Å². The van der Waals surface area contributed by atoms with Gasteiger partial charge in [0.05, 0.1) is 12.0 Å². The maximum Gasteiger partial charge on any atom is 0.312 e. The molecule has 0 aliphatic heterocycles. The fourth-order valence-electron chi connectivity index (χ4n) is 7.94. The number of carbonyl (C=O) groups excluding carboxylic acids is 2. The van der Waals surface area contributed by atoms with E-state index in [-0.39, 0.29) is 30.1 Å². The molecule has 0 aromatic rings. The van der Waals surface area contributed by atoms with Crippen LogP contribution in [0.2, 0.25) is 0 Å². The van der Waals surface area contributed by atoms with Crippen LogP contribution in [0.15, 0.2) is 0 Å². The van der Waals surface area contributed by atoms with Gasteiger partial charge in [-0.25, -0.2) is 0 Å². The lowest BCUT2D eigenvalue weighted by molar-refractivity contribution is -0.157. The van der Waals surface area contributed by atoms with Crippen LogP contribution in [0.3, 0.4) is 0 Å². The van der Waals surface area contributed by atoms with E-state index in [1.54, 1.807) is 0 Å². The summed E-state index contributed by atoms with van der Waals surface area (Å²) in [7, 11) is 0. The van der Waals surface area contributed by atoms with Gasteiger partial charge in [-0.1, -0.05) is 162 Å². The topological polar surface area (TPSA) is 76.1 Å². The summed E-state index contributed by atoms with van der Waals surface area (Å²) >= 11 is 0. The maximum atomic E-state index is 13.5. The summed E-state index contributed by atoms with van der Waals surface area (Å²) in [4.78, 5) is 28.1. The van der Waals surface area contributed by atoms with E-state index >= 15 is 0 Å². The Morgan fingerprint density at radius 2 is 0.963 bits per heavy atom. The third-order valence-electron chi connectivity index (χ3n) is 11.9. The smallest absolute Gasteiger partial charge is 0.312 e. The average Bonchev–Trinajstić information content (AvgIpc) is 3.97. The van der Waals surface area contributed by atoms with Gasteiger partial charge in [0.2, 0.25) is 0 Å². The normalized spacial score (nSPS) is 13.6. The van der Waals surface area contributed by atoms with Gasteiger partial charge in [0.25, 0.3) is 0 Å². The van der Waals surface area contributed by atoms with E-state index in [1.807, 2.05) is 0 Å². The van der Waals surface area contributed by atoms with Crippen LogP contribution in [0, 0.1) is 5.41 Å². The summed E-state index contributed by atoms with van der Waals surface area (Å²) in [5, 5.41) is 9.32. The maximum absolute atomic E-state index is 13.5. The number of hydrogen-bond acceptors (Lipinski definition) is 6. The number of carbonyl (C=O) groups is 2. The summed E-state index contributed by atoms with van der Waals surface area (Å²) in [5.41, 5.74) is -0.175. The third kappa shape index (κ3) is 30.1. The van der Waals surface area contributed by atoms with Crippen molar-refractivity contribution in [1.82, 2.24) is 4.90 Å². The highest BCUT2D eigenvalue weighted by atomic mass is 16.5. The van der Waals surface area contributed by atoms with Gasteiger partial charge in [-0.05, 0) is 103 Å². The lowest BCUT2D eigenvalue weighted by atomic mass is 9.97. The van der Waals surface area contributed by atoms with Crippen molar-refractivity contribution in [2.24, 2.45) is 5.41 Å². The summed E-state index contributed by atoms with van der Waals surface area (Å²) in [6, 6.07) is 0. The Kier molecular flexibility index (Phi) is 35.3. The Morgan fingerprint density at radius 1 is 0.537 bits per heavy atom. The Hall–Kier alpha value is -1.14. The summed E-state index contributed by atoms with van der Waals surface area (Å²) in [6.07, 6.45) is 42.3. The Bertz CT molecular complexity index is 814. The molecule has 0 atom stereocenters. The molecule has 0 spiro atoms. The monoisotopic (exact) mass is 764 g/mol. The highest BCUT2D eigenvalue weighted by Gasteiger charge is 2.51. The zero-order chi connectivity index (χ0) is 39.2. The molecule has 6 heteroatoms. The molecule has 1 saturated carbocycles. The molecular formula is C48H93NO5. The molecule has 0 unspecified atom stereocenters. The van der Waals surface area contributed by atoms with Crippen molar-refractivity contribution >= 4 is 11.9 Å². The molecular weight excluding hydrogens is 671 g/mol. The second-order valence-electron chi connectivity index (χ2n) is 17.2. The van der Waals surface area contributed by atoms with E-state index in [1.165, 1.54) is 148 Å². The standard InChI is InChI=1S/C48H93NO5/c1-4-7-10-13-16-20-27-36-46(51)53-44-33-24-17-22-29-40-49(42-31-32-43-50)41-30-23-21-28-37-48(38-39-48)47(52)54-45(34-25-18-14-11-8-5-2)35-26-19-15-12-9-6-3/h45,50H,4-44H2,1-3H3. The molecule has 0 aromatic heterocycles. The minimum atomic E-state index is -0.175. The molecule has 1 N–H and O–H groups in total. The molecule has 0 bridgehead atoms. The van der Waals surface area contributed by atoms with Gasteiger partial charge in [0.15, 0.2) is 0 Å². The van der Waals surface area contributed by atoms with Crippen molar-refractivity contribution < 1.29 is 24.2 Å². The second-order valence-corrected chi connectivity index (χ2v) is 17.2. The van der Waals surface area contributed by atoms with Gasteiger partial charge in [-0.2, -0.15) is 0 Å². The van der Waals surface area contributed by atoms with Gasteiger partial charge in [0, 0.05) is 13.0 Å². The van der Waals surface area contributed by atoms with Crippen molar-refractivity contribution in [2.45, 2.75) is 258 Å². The number of hydrogen-bond donors (Lipinski definition) is 1. The molecule has 54 heavy (non-hydrogen) atoms. The first-order valence-electron chi connectivity index (χ1n) is 24.2. The van der Waals surface area contributed by atoms with Crippen LogP contribution < -0.4 is 0 Å². The molecule has 1 rings (SSSR count). The predicted octanol–water partition coefficient (Wildman–Crippen LogP) is 13.8. The lowest BCUT2D eigenvalue weighted by Gasteiger charge is -2.23. The molecule has 6 nitrogen and oxygen atoms in total. The molecule has 0 aromatic carbocycles. The average molecular weight is 764 g/mol. The summed E-state index contributed by atoms with van der Waals surface area (Å²) in [5.74, 6) is 0.109. The van der Waals surface area contributed by atoms with Crippen LogP contribution in [0.1, 0.15) is 252 Å². The van der Waals surface area contributed by atoms with Crippen molar-refractivity contribution in [2.75, 3.05) is 32.8 Å². The van der Waals surface area contributed by atoms with Gasteiger partial charge in [0.1, 0.15) is 6.10 Å². The zero-order valence-corrected chi connectivity index (χ0v) is 36.6. The number of aliphatic hydroxyl groups excluding tert-OH is 1. The van der Waals surface area contributed by atoms with Crippen molar-refractivity contribution in [3.63, 3.8) is 0 Å². The minimum Gasteiger partial charge on any atom is -0.466 e. The number of ether oxygens (including phenoxy) is 2. The molecule has 0 saturated heterocycles. The molecule has 320 valence electrons. The Morgan fingerprint density at radius 3 is 1.46 bits per heavy atom. The van der Waals surface area contributed by atoms with Gasteiger partial charge in [-0.3, -0.25) is 9.59 Å². The van der Waals surface area contributed by atoms with Crippen LogP contribution in [0.25, 0.3) is 0 Å². The van der Waals surface area contributed by atoms with Gasteiger partial charge in [-0.15, -0.1) is 0 Å². The molecule has 0 heterocycles. The van der Waals surface area contributed by atoms with Crippen LogP contribution in [0.5, 0.6) is 0 Å². The van der Waals surface area contributed by atoms with E-state index < -0.39 is 0 Å². The summed E-state index contributed by atoms with van der Waals surface area (Å²) < 4.78 is 11.8. The van der Waals surface area contributed by atoms with Gasteiger partial charge >= 0.3 is 11.9 Å². The molecule has 1 aliphatic carbocycles. The van der Waals surface area contributed by atoms with Crippen LogP contribution >= 0.6 is 0 Å². The van der Waals surface area contributed by atoms with E-state index in [0.717, 1.165) is 96.7 Å². The van der Waals surface area contributed by atoms with Crippen molar-refractivity contribution in [3.05, 3.63) is 0 Å². The first-order chi connectivity index (χ1) is 26.5. The van der Waals surface area contributed by atoms with E-state index in [9.17, 15) is 14.7 Å². The summed E-state index contributed by atoms with van der Waals surface area (Å²) in [6.45, 7) is 11.0. The second kappa shape index (κ2) is 37.4. The highest BCUT2D eigenvalue weighted by molar-refractivity contribution is 5.80. The van der Waals surface area contributed by atoms with Crippen molar-refractivity contribution in [3.8, 4) is 0 Å². The fraction of sp³-hybridized carbons (Fsp3) is 0.958. The number of unbranched alkanes of at least 4 members (excludes halogenated alkanes) is 24. The number of esters is 2. The number of nitrogens with zero attached hydrogens (tertiary/aromatic N) is 1. The quantitative estimate of drug-likeness (QED) is 0.0492. The molecule has 1 aliphatic rings. The van der Waals surface area contributed by atoms with Crippen molar-refractivity contribution in [1.29, 1.82) is 0 Å². The lowest BCUT2D eigenvalue weighted by Crippen LogP contribution is -2.27. The first kappa shape index (κ1) is 50.9. The Labute approximate surface area is 336 Å². The SMILES string of the molecule is CCCCCCCCCC(=O)OCCCCCCCN(CCCCO)CCCCCCC1(C(=O)OC(CCCCCCCC)CCCCCCCC)CC1. The third-order valence-corrected chi connectivity index (χ3v) is 11.9. The molecule has 0 amide bonds. The van der Waals surface area contributed by atoms with E-state index in [0.29, 0.717) is 13.0 Å². The molecule has 1 fully saturated rings. The van der Waals surface area contributed by atoms with E-state index in [2.05, 4.69) is 25.7 Å². The van der Waals surface area contributed by atoms with Crippen LogP contribution in [-0.4, -0.2) is 60.9 Å². The highest BCUT2D eigenvalue weighted by Crippen LogP contribution is 2.51. The number of rotatable bonds is 43. The van der Waals surface area contributed by atoms with Crippen LogP contribution in [-0.2, 0) is 19.1 Å². The zero-order valence-electron chi connectivity index (χ0n) is 36.6. The first-order valence-corrected chi connectivity index (χ1v) is 24.2. The van der Waals surface area contributed by atoms with Crippen LogP contribution in [0.4, 0.5) is 0 Å². The van der Waals surface area contributed by atoms with Gasteiger partial charge < -0.3 is 19.5 Å². The minimum absolute atomic E-state index is 0.0158. The molecule has 0 radical (unpaired) electrons. The number of aliphatic hydroxyl groups is 1. The Balaban J connectivity index is 2.25. The predicted molar refractivity (Wildman–Crippen MR) is 230 cm³/mol.